The average molecular weight is 586 g/mol. The molecule has 0 bridgehead atoms. The molecule has 18 nitrogen and oxygen atoms in total. The fourth-order valence-electron chi connectivity index (χ4n) is 2.67. The molecule has 0 aliphatic carbocycles. The van der Waals surface area contributed by atoms with E-state index in [4.69, 9.17) is 25.2 Å². The molecule has 0 spiro atoms. The van der Waals surface area contributed by atoms with Crippen molar-refractivity contribution >= 4 is 56.5 Å². The van der Waals surface area contributed by atoms with Gasteiger partial charge in [0.05, 0.1) is 23.9 Å². The molecule has 32 heavy (non-hydrogen) atoms. The van der Waals surface area contributed by atoms with E-state index in [-0.39, 0.29) is 17.1 Å². The van der Waals surface area contributed by atoms with Gasteiger partial charge in [-0.05, 0) is 0 Å². The first kappa shape index (κ1) is 25.6. The fraction of sp³-hybridized carbons (Fsp3) is 0.500. The van der Waals surface area contributed by atoms with Gasteiger partial charge in [0.15, 0.2) is 17.4 Å². The van der Waals surface area contributed by atoms with Crippen LogP contribution in [0.25, 0.3) is 11.2 Å². The number of aliphatic hydroxyl groups excluding tert-OH is 1. The number of alkyl halides is 1. The topological polar surface area (TPSA) is 279 Å². The number of hydrogen-bond acceptors (Lipinski definition) is 12. The molecule has 180 valence electrons. The molecule has 1 aliphatic rings. The van der Waals surface area contributed by atoms with Gasteiger partial charge in [0.1, 0.15) is 6.10 Å². The third-order valence-electron chi connectivity index (χ3n) is 3.84. The van der Waals surface area contributed by atoms with Gasteiger partial charge < -0.3 is 35.2 Å². The maximum absolute atomic E-state index is 11.9. The lowest BCUT2D eigenvalue weighted by Gasteiger charge is -2.19. The summed E-state index contributed by atoms with van der Waals surface area (Å²) in [7, 11) is -16.6. The first-order valence-corrected chi connectivity index (χ1v) is 13.5. The second-order valence-electron chi connectivity index (χ2n) is 6.16. The number of anilines is 1. The highest BCUT2D eigenvalue weighted by Crippen LogP contribution is 2.66. The van der Waals surface area contributed by atoms with Crippen molar-refractivity contribution in [1.29, 1.82) is 0 Å². The number of imidazole rings is 1. The van der Waals surface area contributed by atoms with Crippen LogP contribution >= 0.6 is 39.4 Å². The number of fused-ring (bicyclic) bond motifs is 1. The predicted molar refractivity (Wildman–Crippen MR) is 105 cm³/mol. The van der Waals surface area contributed by atoms with Gasteiger partial charge in [-0.1, -0.05) is 15.9 Å². The molecule has 0 radical (unpaired) electrons. The number of hydrogen-bond donors (Lipinski definition) is 7. The Hall–Kier alpha value is -1.04. The van der Waals surface area contributed by atoms with Gasteiger partial charge in [-0.15, -0.1) is 0 Å². The summed E-state index contributed by atoms with van der Waals surface area (Å²) in [4.78, 5) is 56.8. The van der Waals surface area contributed by atoms with Gasteiger partial charge in [0.2, 0.25) is 5.95 Å². The van der Waals surface area contributed by atoms with E-state index >= 15 is 0 Å². The molecule has 1 aliphatic heterocycles. The Morgan fingerprint density at radius 3 is 2.50 bits per heavy atom. The third-order valence-corrected chi connectivity index (χ3v) is 8.63. The van der Waals surface area contributed by atoms with Gasteiger partial charge in [0.25, 0.3) is 5.56 Å². The van der Waals surface area contributed by atoms with Gasteiger partial charge in [-0.3, -0.25) is 18.9 Å². The van der Waals surface area contributed by atoms with Crippen LogP contribution in [0.1, 0.15) is 6.23 Å². The summed E-state index contributed by atoms with van der Waals surface area (Å²) in [5.41, 5.74) is 4.84. The van der Waals surface area contributed by atoms with E-state index in [1.807, 2.05) is 0 Å². The number of aromatic nitrogens is 4. The molecule has 0 amide bonds. The Labute approximate surface area is 184 Å². The number of nitrogen functional groups attached to an aromatic ring is 1. The monoisotopic (exact) mass is 585 g/mol. The molecular formula is C10H15BrN5O13P3. The van der Waals surface area contributed by atoms with Gasteiger partial charge in [-0.25, -0.2) is 18.7 Å². The summed E-state index contributed by atoms with van der Waals surface area (Å²) >= 11 is 3.18. The van der Waals surface area contributed by atoms with Gasteiger partial charge in [-0.2, -0.15) is 13.6 Å². The summed E-state index contributed by atoms with van der Waals surface area (Å²) < 4.78 is 52.3. The van der Waals surface area contributed by atoms with Crippen molar-refractivity contribution in [3.63, 3.8) is 0 Å². The van der Waals surface area contributed by atoms with E-state index in [9.17, 15) is 28.5 Å². The number of halogens is 1. The maximum Gasteiger partial charge on any atom is 0.490 e. The largest absolute Gasteiger partial charge is 0.490 e. The summed E-state index contributed by atoms with van der Waals surface area (Å²) in [6.07, 6.45) is -2.59. The van der Waals surface area contributed by atoms with Crippen LogP contribution < -0.4 is 11.3 Å². The van der Waals surface area contributed by atoms with Gasteiger partial charge >= 0.3 is 23.5 Å². The Balaban J connectivity index is 1.72. The van der Waals surface area contributed by atoms with Crippen molar-refractivity contribution in [1.82, 2.24) is 19.5 Å². The highest BCUT2D eigenvalue weighted by Gasteiger charge is 2.46. The molecule has 1 saturated heterocycles. The minimum absolute atomic E-state index is 0.0152. The zero-order valence-electron chi connectivity index (χ0n) is 15.2. The second kappa shape index (κ2) is 8.96. The molecule has 2 aromatic rings. The normalized spacial score (nSPS) is 27.9. The number of rotatable bonds is 8. The molecule has 8 N–H and O–H groups in total. The van der Waals surface area contributed by atoms with Crippen LogP contribution in [-0.4, -0.2) is 67.8 Å². The number of nitrogens with one attached hydrogen (secondary N) is 1. The van der Waals surface area contributed by atoms with Crippen LogP contribution in [0.5, 0.6) is 0 Å². The summed E-state index contributed by atoms with van der Waals surface area (Å²) in [5.74, 6) is -0.210. The molecule has 3 heterocycles. The highest BCUT2D eigenvalue weighted by molar-refractivity contribution is 9.09. The van der Waals surface area contributed by atoms with Crippen molar-refractivity contribution < 1.29 is 56.3 Å². The number of H-pyrrole nitrogens is 1. The molecule has 22 heteroatoms. The summed E-state index contributed by atoms with van der Waals surface area (Å²) in [5, 5.41) is 10.3. The zero-order valence-corrected chi connectivity index (χ0v) is 19.5. The smallest absolute Gasteiger partial charge is 0.389 e. The van der Waals surface area contributed by atoms with E-state index in [2.05, 4.69) is 44.0 Å². The fourth-order valence-corrected chi connectivity index (χ4v) is 6.42. The minimum Gasteiger partial charge on any atom is -0.389 e. The summed E-state index contributed by atoms with van der Waals surface area (Å²) in [6, 6.07) is 0. The van der Waals surface area contributed by atoms with Crippen LogP contribution in [0.3, 0.4) is 0 Å². The standard InChI is InChI=1S/C10H15BrN5O13P3/c11-4-6(17)3(1-26-31(22,23)29-32(24,25)28-30(19,20)21)27-9(4)16-2-13-5-7(16)14-10(12)15-8(5)18/h2-4,6,9,17H,1H2,(H,22,23)(H,24,25)(H2,19,20,21)(H3,12,14,15,18)/t3-,4-,6-,9-/m1/s1. The van der Waals surface area contributed by atoms with Crippen LogP contribution in [0.4, 0.5) is 5.95 Å². The van der Waals surface area contributed by atoms with E-state index in [1.54, 1.807) is 0 Å². The highest BCUT2D eigenvalue weighted by atomic mass is 79.9. The lowest BCUT2D eigenvalue weighted by Crippen LogP contribution is -2.30. The van der Waals surface area contributed by atoms with E-state index < -0.39 is 58.9 Å². The van der Waals surface area contributed by atoms with Crippen LogP contribution in [0.2, 0.25) is 0 Å². The van der Waals surface area contributed by atoms with Crippen LogP contribution in [-0.2, 0) is 31.6 Å². The Bertz CT molecular complexity index is 1210. The average Bonchev–Trinajstić information content (AvgIpc) is 3.12. The first-order valence-electron chi connectivity index (χ1n) is 8.07. The molecular weight excluding hydrogens is 571 g/mol. The number of aromatic amines is 1. The SMILES string of the molecule is Nc1nc2c(ncn2[C@@H]2O[C@H](COP(=O)(O)OP(=O)(O)OP(=O)(O)O)[C@@H](O)[C@H]2Br)c(=O)[nH]1. The van der Waals surface area contributed by atoms with Gasteiger partial charge in [0, 0.05) is 0 Å². The molecule has 0 saturated carbocycles. The number of aliphatic hydroxyl groups is 1. The molecule has 2 aromatic heterocycles. The first-order chi connectivity index (χ1) is 14.6. The van der Waals surface area contributed by atoms with Crippen molar-refractivity contribution in [3.8, 4) is 0 Å². The maximum atomic E-state index is 11.9. The lowest BCUT2D eigenvalue weighted by atomic mass is 10.2. The van der Waals surface area contributed by atoms with E-state index in [1.165, 1.54) is 10.9 Å². The quantitative estimate of drug-likeness (QED) is 0.145. The minimum atomic E-state index is -5.69. The molecule has 0 aromatic carbocycles. The molecule has 1 fully saturated rings. The van der Waals surface area contributed by atoms with Crippen molar-refractivity contribution in [2.24, 2.45) is 0 Å². The van der Waals surface area contributed by atoms with Crippen molar-refractivity contribution in [2.45, 2.75) is 23.3 Å². The molecule has 2 unspecified atom stereocenters. The number of nitrogens with two attached hydrogens (primary N) is 1. The Morgan fingerprint density at radius 2 is 1.88 bits per heavy atom. The number of phosphoric acid groups is 3. The van der Waals surface area contributed by atoms with Crippen molar-refractivity contribution in [3.05, 3.63) is 16.7 Å². The lowest BCUT2D eigenvalue weighted by molar-refractivity contribution is -0.0421. The van der Waals surface area contributed by atoms with Crippen LogP contribution in [0, 0.1) is 0 Å². The number of nitrogens with zero attached hydrogens (tertiary/aromatic N) is 3. The Morgan fingerprint density at radius 1 is 1.22 bits per heavy atom. The molecule has 6 atom stereocenters. The van der Waals surface area contributed by atoms with Crippen molar-refractivity contribution in [2.75, 3.05) is 12.3 Å². The predicted octanol–water partition coefficient (Wildman–Crippen LogP) is -0.933. The third kappa shape index (κ3) is 5.90. The molecule has 3 rings (SSSR count). The summed E-state index contributed by atoms with van der Waals surface area (Å²) in [6.45, 7) is -0.883. The second-order valence-corrected chi connectivity index (χ2v) is 11.6. The van der Waals surface area contributed by atoms with E-state index in [0.717, 1.165) is 0 Å². The Kier molecular flexibility index (Phi) is 7.16. The zero-order chi connectivity index (χ0) is 24.1. The van der Waals surface area contributed by atoms with E-state index in [0.29, 0.717) is 0 Å². The van der Waals surface area contributed by atoms with Crippen LogP contribution in [0.15, 0.2) is 11.1 Å². The number of ether oxygens (including phenoxy) is 1. The number of phosphoric ester groups is 1.